The zero-order valence-corrected chi connectivity index (χ0v) is 16.4. The Kier molecular flexibility index (Phi) is 6.01. The molecule has 4 nitrogen and oxygen atoms in total. The molecule has 0 aliphatic rings. The number of carbonyl (C=O) groups excluding carboxylic acids is 1. The average molecular weight is 530 g/mol. The zero-order chi connectivity index (χ0) is 17.0. The van der Waals surface area contributed by atoms with Gasteiger partial charge in [-0.15, -0.1) is 0 Å². The Hall–Kier alpha value is -1.60. The van der Waals surface area contributed by atoms with Crippen molar-refractivity contribution in [2.24, 2.45) is 0 Å². The van der Waals surface area contributed by atoms with Gasteiger partial charge in [0.05, 0.1) is 7.14 Å². The second kappa shape index (κ2) is 7.79. The van der Waals surface area contributed by atoms with Gasteiger partial charge in [0.25, 0.3) is 5.91 Å². The summed E-state index contributed by atoms with van der Waals surface area (Å²) >= 11 is 4.01. The molecule has 6 heteroatoms. The van der Waals surface area contributed by atoms with Crippen LogP contribution < -0.4 is 5.32 Å². The molecule has 1 amide bonds. The summed E-state index contributed by atoms with van der Waals surface area (Å²) in [5, 5.41) is 21.7. The first-order chi connectivity index (χ1) is 10.9. The van der Waals surface area contributed by atoms with E-state index in [2.05, 4.69) is 5.32 Å². The molecule has 0 saturated heterocycles. The zero-order valence-electron chi connectivity index (χ0n) is 12.1. The van der Waals surface area contributed by atoms with Crippen LogP contribution in [0.1, 0.15) is 11.1 Å². The smallest absolute Gasteiger partial charge is 0.266 e. The second-order valence-corrected chi connectivity index (χ2v) is 7.15. The minimum Gasteiger partial charge on any atom is -0.506 e. The first-order valence-corrected chi connectivity index (χ1v) is 8.74. The Morgan fingerprint density at radius 1 is 1.22 bits per heavy atom. The number of anilines is 1. The number of phenols is 1. The highest BCUT2D eigenvalue weighted by Crippen LogP contribution is 2.28. The van der Waals surface area contributed by atoms with Gasteiger partial charge in [-0.05, 0) is 88.0 Å². The van der Waals surface area contributed by atoms with Gasteiger partial charge in [0.2, 0.25) is 0 Å². The van der Waals surface area contributed by atoms with Crippen LogP contribution in [-0.2, 0) is 4.79 Å². The topological polar surface area (TPSA) is 73.1 Å². The molecule has 0 unspecified atom stereocenters. The standard InChI is InChI=1S/C17H12I2N2O2/c1-10-2-4-13(5-3-10)21-17(23)12(9-20)6-11-7-14(18)16(22)15(19)8-11/h2-8,22H,1H3,(H,21,23)/b12-6+. The third kappa shape index (κ3) is 4.68. The first-order valence-electron chi connectivity index (χ1n) is 6.58. The number of phenolic OH excluding ortho intramolecular Hbond substituents is 1. The lowest BCUT2D eigenvalue weighted by Gasteiger charge is -2.06. The molecule has 0 heterocycles. The first kappa shape index (κ1) is 17.7. The van der Waals surface area contributed by atoms with E-state index in [1.807, 2.05) is 70.3 Å². The Morgan fingerprint density at radius 2 is 1.78 bits per heavy atom. The average Bonchev–Trinajstić information content (AvgIpc) is 2.52. The SMILES string of the molecule is Cc1ccc(NC(=O)/C(C#N)=C/c2cc(I)c(O)c(I)c2)cc1. The van der Waals surface area contributed by atoms with Crippen LogP contribution in [0.5, 0.6) is 5.75 Å². The molecule has 0 aliphatic carbocycles. The number of aromatic hydroxyl groups is 1. The number of rotatable bonds is 3. The van der Waals surface area contributed by atoms with E-state index in [-0.39, 0.29) is 11.3 Å². The number of nitrogens with zero attached hydrogens (tertiary/aromatic N) is 1. The predicted molar refractivity (Wildman–Crippen MR) is 107 cm³/mol. The number of carbonyl (C=O) groups is 1. The van der Waals surface area contributed by atoms with Crippen LogP contribution in [0.2, 0.25) is 0 Å². The van der Waals surface area contributed by atoms with Gasteiger partial charge < -0.3 is 10.4 Å². The molecule has 116 valence electrons. The van der Waals surface area contributed by atoms with E-state index in [9.17, 15) is 15.2 Å². The molecular formula is C17H12I2N2O2. The maximum Gasteiger partial charge on any atom is 0.266 e. The van der Waals surface area contributed by atoms with E-state index in [0.29, 0.717) is 18.4 Å². The van der Waals surface area contributed by atoms with Crippen molar-refractivity contribution in [3.63, 3.8) is 0 Å². The molecule has 2 aromatic carbocycles. The maximum absolute atomic E-state index is 12.2. The van der Waals surface area contributed by atoms with Gasteiger partial charge in [0, 0.05) is 5.69 Å². The summed E-state index contributed by atoms with van der Waals surface area (Å²) in [6.07, 6.45) is 1.51. The minimum atomic E-state index is -0.463. The molecule has 2 rings (SSSR count). The molecular weight excluding hydrogens is 518 g/mol. The lowest BCUT2D eigenvalue weighted by molar-refractivity contribution is -0.112. The molecule has 23 heavy (non-hydrogen) atoms. The summed E-state index contributed by atoms with van der Waals surface area (Å²) in [6, 6.07) is 12.7. The largest absolute Gasteiger partial charge is 0.506 e. The maximum atomic E-state index is 12.2. The van der Waals surface area contributed by atoms with Crippen molar-refractivity contribution in [3.05, 3.63) is 60.2 Å². The molecule has 0 fully saturated rings. The van der Waals surface area contributed by atoms with E-state index in [1.54, 1.807) is 24.3 Å². The summed E-state index contributed by atoms with van der Waals surface area (Å²) in [5.74, 6) is -0.264. The van der Waals surface area contributed by atoms with Crippen LogP contribution in [0.15, 0.2) is 42.0 Å². The third-order valence-electron chi connectivity index (χ3n) is 3.02. The number of nitriles is 1. The highest BCUT2D eigenvalue weighted by Gasteiger charge is 2.11. The van der Waals surface area contributed by atoms with Crippen LogP contribution >= 0.6 is 45.2 Å². The lowest BCUT2D eigenvalue weighted by Crippen LogP contribution is -2.13. The normalized spacial score (nSPS) is 11.0. The molecule has 2 aromatic rings. The predicted octanol–water partition coefficient (Wildman–Crippen LogP) is 4.46. The van der Waals surface area contributed by atoms with Gasteiger partial charge in [-0.1, -0.05) is 17.7 Å². The molecule has 0 aromatic heterocycles. The highest BCUT2D eigenvalue weighted by molar-refractivity contribution is 14.1. The summed E-state index contributed by atoms with van der Waals surface area (Å²) < 4.78 is 1.33. The van der Waals surface area contributed by atoms with E-state index in [1.165, 1.54) is 6.08 Å². The Balaban J connectivity index is 2.26. The number of amides is 1. The van der Waals surface area contributed by atoms with Gasteiger partial charge in [-0.3, -0.25) is 4.79 Å². The van der Waals surface area contributed by atoms with Crippen molar-refractivity contribution in [2.75, 3.05) is 5.32 Å². The van der Waals surface area contributed by atoms with Crippen molar-refractivity contribution in [2.45, 2.75) is 6.92 Å². The van der Waals surface area contributed by atoms with Crippen molar-refractivity contribution in [1.29, 1.82) is 5.26 Å². The van der Waals surface area contributed by atoms with Crippen LogP contribution in [0.25, 0.3) is 6.08 Å². The van der Waals surface area contributed by atoms with Gasteiger partial charge in [-0.25, -0.2) is 0 Å². The van der Waals surface area contributed by atoms with Crippen LogP contribution in [0, 0.1) is 25.4 Å². The van der Waals surface area contributed by atoms with Crippen molar-refractivity contribution < 1.29 is 9.90 Å². The fraction of sp³-hybridized carbons (Fsp3) is 0.0588. The number of hydrogen-bond acceptors (Lipinski definition) is 3. The minimum absolute atomic E-state index is 0.00265. The molecule has 2 N–H and O–H groups in total. The van der Waals surface area contributed by atoms with Gasteiger partial charge in [0.15, 0.2) is 0 Å². The van der Waals surface area contributed by atoms with E-state index in [0.717, 1.165) is 5.56 Å². The van der Waals surface area contributed by atoms with E-state index >= 15 is 0 Å². The number of nitrogens with one attached hydrogen (secondary N) is 1. The lowest BCUT2D eigenvalue weighted by atomic mass is 10.1. The Morgan fingerprint density at radius 3 is 2.30 bits per heavy atom. The number of aryl methyl sites for hydroxylation is 1. The molecule has 0 saturated carbocycles. The van der Waals surface area contributed by atoms with Crippen molar-refractivity contribution in [3.8, 4) is 11.8 Å². The van der Waals surface area contributed by atoms with Crippen LogP contribution in [0.3, 0.4) is 0 Å². The van der Waals surface area contributed by atoms with Crippen LogP contribution in [0.4, 0.5) is 5.69 Å². The summed E-state index contributed by atoms with van der Waals surface area (Å²) in [6.45, 7) is 1.96. The Bertz CT molecular complexity index is 798. The molecule has 0 aliphatic heterocycles. The third-order valence-corrected chi connectivity index (χ3v) is 4.67. The van der Waals surface area contributed by atoms with Crippen molar-refractivity contribution >= 4 is 62.9 Å². The fourth-order valence-electron chi connectivity index (χ4n) is 1.82. The van der Waals surface area contributed by atoms with Gasteiger partial charge >= 0.3 is 0 Å². The van der Waals surface area contributed by atoms with Gasteiger partial charge in [-0.2, -0.15) is 5.26 Å². The van der Waals surface area contributed by atoms with E-state index in [4.69, 9.17) is 0 Å². The second-order valence-electron chi connectivity index (χ2n) is 4.82. The monoisotopic (exact) mass is 530 g/mol. The summed E-state index contributed by atoms with van der Waals surface area (Å²) in [4.78, 5) is 12.2. The fourth-order valence-corrected chi connectivity index (χ4v) is 3.64. The number of hydrogen-bond donors (Lipinski definition) is 2. The van der Waals surface area contributed by atoms with Gasteiger partial charge in [0.1, 0.15) is 17.4 Å². The van der Waals surface area contributed by atoms with E-state index < -0.39 is 5.91 Å². The number of benzene rings is 2. The molecule has 0 bridgehead atoms. The van der Waals surface area contributed by atoms with Crippen LogP contribution in [-0.4, -0.2) is 11.0 Å². The molecule has 0 radical (unpaired) electrons. The highest BCUT2D eigenvalue weighted by atomic mass is 127. The summed E-state index contributed by atoms with van der Waals surface area (Å²) in [5.41, 5.74) is 2.42. The van der Waals surface area contributed by atoms with Crippen molar-refractivity contribution in [1.82, 2.24) is 0 Å². The Labute approximate surface area is 161 Å². The quantitative estimate of drug-likeness (QED) is 0.350. The number of halogens is 2. The summed E-state index contributed by atoms with van der Waals surface area (Å²) in [7, 11) is 0. The molecule has 0 atom stereocenters. The molecule has 0 spiro atoms.